The highest BCUT2D eigenvalue weighted by Gasteiger charge is 2.36. The minimum Gasteiger partial charge on any atom is -0.347 e. The molecule has 1 heterocycles. The largest absolute Gasteiger partial charge is 0.347 e. The molecule has 1 aromatic heterocycles. The van der Waals surface area contributed by atoms with Crippen LogP contribution in [0.1, 0.15) is 91.6 Å². The van der Waals surface area contributed by atoms with Crippen LogP contribution in [0.15, 0.2) is 18.6 Å². The fourth-order valence-electron chi connectivity index (χ4n) is 3.68. The number of Topliss-reactive ketones (excluding diaryl/α,β-unsaturated/α-hetero) is 1. The Morgan fingerprint density at radius 1 is 0.868 bits per heavy atom. The Hall–Kier alpha value is -3.37. The van der Waals surface area contributed by atoms with Crippen LogP contribution >= 0.6 is 0 Å². The molecule has 0 spiro atoms. The molecule has 4 amide bonds. The number of nitrogens with one attached hydrogen (secondary N) is 4. The van der Waals surface area contributed by atoms with E-state index in [0.29, 0.717) is 0 Å². The molecule has 4 atom stereocenters. The van der Waals surface area contributed by atoms with Crippen LogP contribution in [-0.2, 0) is 19.2 Å². The number of carbonyl (C=O) groups is 5. The number of ketones is 1. The maximum absolute atomic E-state index is 13.1. The Labute approximate surface area is 225 Å². The lowest BCUT2D eigenvalue weighted by Gasteiger charge is -2.31. The summed E-state index contributed by atoms with van der Waals surface area (Å²) in [6, 6.07) is -3.24. The Morgan fingerprint density at radius 3 is 2.05 bits per heavy atom. The molecule has 0 aromatic carbocycles. The van der Waals surface area contributed by atoms with Gasteiger partial charge in [-0.3, -0.25) is 29.0 Å². The normalized spacial score (nSPS) is 14.6. The van der Waals surface area contributed by atoms with Crippen LogP contribution < -0.4 is 21.3 Å². The van der Waals surface area contributed by atoms with E-state index >= 15 is 0 Å². The highest BCUT2D eigenvalue weighted by Crippen LogP contribution is 2.20. The molecule has 0 aliphatic carbocycles. The van der Waals surface area contributed by atoms with Gasteiger partial charge in [0, 0.05) is 18.4 Å². The van der Waals surface area contributed by atoms with Crippen molar-refractivity contribution < 1.29 is 24.0 Å². The molecule has 0 saturated heterocycles. The highest BCUT2D eigenvalue weighted by atomic mass is 16.2. The second-order valence-electron chi connectivity index (χ2n) is 11.1. The van der Waals surface area contributed by atoms with Crippen molar-refractivity contribution in [1.29, 1.82) is 0 Å². The third kappa shape index (κ3) is 10.5. The van der Waals surface area contributed by atoms with Crippen LogP contribution in [0.5, 0.6) is 0 Å². The van der Waals surface area contributed by atoms with Crippen molar-refractivity contribution in [2.45, 2.75) is 105 Å². The van der Waals surface area contributed by atoms with Gasteiger partial charge in [0.15, 0.2) is 0 Å². The van der Waals surface area contributed by atoms with Crippen LogP contribution in [0.25, 0.3) is 0 Å². The van der Waals surface area contributed by atoms with Gasteiger partial charge >= 0.3 is 0 Å². The van der Waals surface area contributed by atoms with Gasteiger partial charge in [-0.05, 0) is 31.6 Å². The monoisotopic (exact) mass is 532 g/mol. The first-order valence-electron chi connectivity index (χ1n) is 13.2. The van der Waals surface area contributed by atoms with E-state index in [1.165, 1.54) is 25.5 Å². The summed E-state index contributed by atoms with van der Waals surface area (Å²) in [5.41, 5.74) is -0.642. The van der Waals surface area contributed by atoms with Gasteiger partial charge in [-0.1, -0.05) is 60.8 Å². The lowest BCUT2D eigenvalue weighted by Crippen LogP contribution is -2.59. The van der Waals surface area contributed by atoms with E-state index in [1.807, 2.05) is 6.92 Å². The third-order valence-electron chi connectivity index (χ3n) is 6.04. The number of amides is 4. The zero-order valence-corrected chi connectivity index (χ0v) is 23.9. The molecule has 11 heteroatoms. The predicted octanol–water partition coefficient (Wildman–Crippen LogP) is 1.92. The van der Waals surface area contributed by atoms with Crippen LogP contribution in [0, 0.1) is 11.3 Å². The van der Waals surface area contributed by atoms with Crippen molar-refractivity contribution in [3.8, 4) is 0 Å². The average Bonchev–Trinajstić information content (AvgIpc) is 2.84. The van der Waals surface area contributed by atoms with E-state index in [2.05, 4.69) is 38.2 Å². The molecule has 0 aliphatic rings. The Kier molecular flexibility index (Phi) is 13.0. The predicted molar refractivity (Wildman–Crippen MR) is 144 cm³/mol. The molecular formula is C27H44N6O5. The molecule has 1 rings (SSSR count). The van der Waals surface area contributed by atoms with Crippen LogP contribution in [0.2, 0.25) is 0 Å². The van der Waals surface area contributed by atoms with Gasteiger partial charge in [0.05, 0.1) is 12.2 Å². The standard InChI is InChI=1S/C27H44N6O5/c1-9-10-11-12-17(4)30-25(37)21(34)20(16(2)3)32-23(35)18(5)31-26(38)22(27(6,7)8)33-24(36)19-15-28-13-14-29-19/h13-18,20,22H,9-12H2,1-8H3,(H,30,37)(H,31,38)(H,32,35)(H,33,36). The van der Waals surface area contributed by atoms with E-state index < -0.39 is 53.0 Å². The van der Waals surface area contributed by atoms with Gasteiger partial charge in [0.1, 0.15) is 17.8 Å². The van der Waals surface area contributed by atoms with E-state index in [9.17, 15) is 24.0 Å². The molecule has 11 nitrogen and oxygen atoms in total. The van der Waals surface area contributed by atoms with Crippen molar-refractivity contribution in [3.63, 3.8) is 0 Å². The Morgan fingerprint density at radius 2 is 1.53 bits per heavy atom. The summed E-state index contributed by atoms with van der Waals surface area (Å²) in [4.78, 5) is 71.8. The fraction of sp³-hybridized carbons (Fsp3) is 0.667. The van der Waals surface area contributed by atoms with Gasteiger partial charge < -0.3 is 21.3 Å². The SMILES string of the molecule is CCCCCC(C)NC(=O)C(=O)C(NC(=O)C(C)NC(=O)C(NC(=O)c1cnccn1)C(C)(C)C)C(C)C. The van der Waals surface area contributed by atoms with Crippen molar-refractivity contribution >= 4 is 29.4 Å². The van der Waals surface area contributed by atoms with Gasteiger partial charge in [0.2, 0.25) is 17.6 Å². The number of hydrogen-bond donors (Lipinski definition) is 4. The van der Waals surface area contributed by atoms with Crippen molar-refractivity contribution in [1.82, 2.24) is 31.2 Å². The average molecular weight is 533 g/mol. The van der Waals surface area contributed by atoms with E-state index in [1.54, 1.807) is 34.6 Å². The van der Waals surface area contributed by atoms with Gasteiger partial charge in [-0.25, -0.2) is 4.98 Å². The first kappa shape index (κ1) is 32.7. The minimum atomic E-state index is -1.06. The van der Waals surface area contributed by atoms with Crippen molar-refractivity contribution in [2.75, 3.05) is 0 Å². The lowest BCUT2D eigenvalue weighted by molar-refractivity contribution is -0.141. The molecule has 0 fully saturated rings. The first-order valence-corrected chi connectivity index (χ1v) is 13.2. The van der Waals surface area contributed by atoms with E-state index in [-0.39, 0.29) is 17.7 Å². The second-order valence-corrected chi connectivity index (χ2v) is 11.1. The third-order valence-corrected chi connectivity index (χ3v) is 6.04. The fourth-order valence-corrected chi connectivity index (χ4v) is 3.68. The summed E-state index contributed by atoms with van der Waals surface area (Å²) >= 11 is 0. The van der Waals surface area contributed by atoms with Crippen LogP contribution in [0.4, 0.5) is 0 Å². The molecule has 0 aliphatic heterocycles. The number of hydrogen-bond acceptors (Lipinski definition) is 7. The Bertz CT molecular complexity index is 960. The molecule has 0 saturated carbocycles. The summed E-state index contributed by atoms with van der Waals surface area (Å²) < 4.78 is 0. The van der Waals surface area contributed by atoms with Crippen molar-refractivity contribution in [2.24, 2.45) is 11.3 Å². The van der Waals surface area contributed by atoms with E-state index in [4.69, 9.17) is 0 Å². The van der Waals surface area contributed by atoms with Crippen molar-refractivity contribution in [3.05, 3.63) is 24.3 Å². The molecule has 38 heavy (non-hydrogen) atoms. The molecule has 4 unspecified atom stereocenters. The summed E-state index contributed by atoms with van der Waals surface area (Å²) in [6.07, 6.45) is 7.89. The maximum atomic E-state index is 13.1. The first-order chi connectivity index (χ1) is 17.7. The highest BCUT2D eigenvalue weighted by molar-refractivity contribution is 6.38. The number of rotatable bonds is 14. The number of carbonyl (C=O) groups excluding carboxylic acids is 5. The molecule has 1 aromatic rings. The van der Waals surface area contributed by atoms with Crippen LogP contribution in [-0.4, -0.2) is 63.5 Å². The van der Waals surface area contributed by atoms with Gasteiger partial charge in [-0.2, -0.15) is 0 Å². The summed E-state index contributed by atoms with van der Waals surface area (Å²) in [5.74, 6) is -3.62. The zero-order chi connectivity index (χ0) is 29.0. The Balaban J connectivity index is 2.84. The van der Waals surface area contributed by atoms with Crippen LogP contribution in [0.3, 0.4) is 0 Å². The quantitative estimate of drug-likeness (QED) is 0.210. The number of nitrogens with zero attached hydrogens (tertiary/aromatic N) is 2. The number of unbranched alkanes of at least 4 members (excludes halogenated alkanes) is 2. The molecular weight excluding hydrogens is 488 g/mol. The zero-order valence-electron chi connectivity index (χ0n) is 23.9. The van der Waals surface area contributed by atoms with Gasteiger partial charge in [-0.15, -0.1) is 0 Å². The molecule has 0 bridgehead atoms. The topological polar surface area (TPSA) is 159 Å². The summed E-state index contributed by atoms with van der Waals surface area (Å²) in [7, 11) is 0. The van der Waals surface area contributed by atoms with Gasteiger partial charge in [0.25, 0.3) is 11.8 Å². The van der Waals surface area contributed by atoms with E-state index in [0.717, 1.165) is 25.7 Å². The second kappa shape index (κ2) is 15.1. The maximum Gasteiger partial charge on any atom is 0.289 e. The summed E-state index contributed by atoms with van der Waals surface area (Å²) in [6.45, 7) is 14.2. The molecule has 0 radical (unpaired) electrons. The minimum absolute atomic E-state index is 0.0524. The number of aromatic nitrogens is 2. The molecule has 4 N–H and O–H groups in total. The molecule has 212 valence electrons. The summed E-state index contributed by atoms with van der Waals surface area (Å²) in [5, 5.41) is 10.6. The lowest BCUT2D eigenvalue weighted by atomic mass is 9.85. The smallest absolute Gasteiger partial charge is 0.289 e.